The molecular weight excluding hydrogens is 283 g/mol. The molecule has 2 aromatic rings. The van der Waals surface area contributed by atoms with Crippen molar-refractivity contribution in [2.75, 3.05) is 0 Å². The summed E-state index contributed by atoms with van der Waals surface area (Å²) in [7, 11) is -3.94. The Morgan fingerprint density at radius 3 is 2.35 bits per heavy atom. The number of hydrogen-bond acceptors (Lipinski definition) is 3. The summed E-state index contributed by atoms with van der Waals surface area (Å²) < 4.78 is 38.0. The molecule has 104 valence electrons. The van der Waals surface area contributed by atoms with Crippen LogP contribution in [0.25, 0.3) is 0 Å². The number of hydrogen-bond donors (Lipinski definition) is 1. The van der Waals surface area contributed by atoms with Crippen molar-refractivity contribution in [3.63, 3.8) is 0 Å². The van der Waals surface area contributed by atoms with E-state index in [1.165, 1.54) is 0 Å². The molecule has 4 nitrogen and oxygen atoms in total. The molecule has 6 heteroatoms. The van der Waals surface area contributed by atoms with E-state index in [0.717, 1.165) is 18.2 Å². The summed E-state index contributed by atoms with van der Waals surface area (Å²) in [6.45, 7) is 0. The number of rotatable bonds is 4. The third-order valence-electron chi connectivity index (χ3n) is 2.71. The van der Waals surface area contributed by atoms with Crippen molar-refractivity contribution in [1.29, 1.82) is 0 Å². The van der Waals surface area contributed by atoms with Gasteiger partial charge in [-0.3, -0.25) is 0 Å². The second-order valence-electron chi connectivity index (χ2n) is 4.20. The van der Waals surface area contributed by atoms with Crippen LogP contribution in [0.15, 0.2) is 53.4 Å². The van der Waals surface area contributed by atoms with E-state index in [9.17, 15) is 17.6 Å². The lowest BCUT2D eigenvalue weighted by molar-refractivity contribution is 0.0696. The van der Waals surface area contributed by atoms with Crippen molar-refractivity contribution in [3.8, 4) is 0 Å². The fourth-order valence-electron chi connectivity index (χ4n) is 1.75. The molecule has 2 aromatic carbocycles. The average molecular weight is 294 g/mol. The highest BCUT2D eigenvalue weighted by atomic mass is 32.2. The molecule has 0 fully saturated rings. The summed E-state index contributed by atoms with van der Waals surface area (Å²) in [6.07, 6.45) is 0. The first-order valence-corrected chi connectivity index (χ1v) is 7.35. The van der Waals surface area contributed by atoms with Crippen LogP contribution < -0.4 is 0 Å². The van der Waals surface area contributed by atoms with Crippen LogP contribution in [0.2, 0.25) is 0 Å². The van der Waals surface area contributed by atoms with E-state index in [-0.39, 0.29) is 11.3 Å². The van der Waals surface area contributed by atoms with E-state index in [1.807, 2.05) is 0 Å². The molecular formula is C14H11FO4S. The van der Waals surface area contributed by atoms with Gasteiger partial charge < -0.3 is 5.11 Å². The quantitative estimate of drug-likeness (QED) is 0.940. The maximum Gasteiger partial charge on any atom is 0.335 e. The van der Waals surface area contributed by atoms with Crippen LogP contribution in [-0.2, 0) is 15.6 Å². The highest BCUT2D eigenvalue weighted by molar-refractivity contribution is 7.90. The smallest absolute Gasteiger partial charge is 0.335 e. The van der Waals surface area contributed by atoms with E-state index < -0.39 is 26.5 Å². The lowest BCUT2D eigenvalue weighted by atomic mass is 10.2. The van der Waals surface area contributed by atoms with E-state index in [2.05, 4.69) is 0 Å². The van der Waals surface area contributed by atoms with Crippen LogP contribution in [0.4, 0.5) is 4.39 Å². The Morgan fingerprint density at radius 1 is 1.10 bits per heavy atom. The molecule has 20 heavy (non-hydrogen) atoms. The van der Waals surface area contributed by atoms with Crippen molar-refractivity contribution >= 4 is 15.8 Å². The number of carbonyl (C=O) groups is 1. The normalized spacial score (nSPS) is 11.2. The molecule has 0 unspecified atom stereocenters. The number of halogens is 1. The number of benzene rings is 2. The van der Waals surface area contributed by atoms with Crippen LogP contribution in [0.3, 0.4) is 0 Å². The molecule has 0 aliphatic carbocycles. The lowest BCUT2D eigenvalue weighted by Crippen LogP contribution is -2.09. The Hall–Kier alpha value is -2.21. The SMILES string of the molecule is O=C(O)c1ccc(F)c(S(=O)(=O)Cc2ccccc2)c1. The largest absolute Gasteiger partial charge is 0.478 e. The van der Waals surface area contributed by atoms with Crippen LogP contribution in [0.1, 0.15) is 15.9 Å². The highest BCUT2D eigenvalue weighted by Gasteiger charge is 2.21. The second-order valence-corrected chi connectivity index (χ2v) is 6.15. The van der Waals surface area contributed by atoms with Crippen molar-refractivity contribution in [2.45, 2.75) is 10.6 Å². The predicted molar refractivity (Wildman–Crippen MR) is 70.7 cm³/mol. The maximum atomic E-state index is 13.7. The van der Waals surface area contributed by atoms with Gasteiger partial charge in [0.1, 0.15) is 10.7 Å². The topological polar surface area (TPSA) is 71.4 Å². The minimum atomic E-state index is -3.94. The van der Waals surface area contributed by atoms with E-state index in [4.69, 9.17) is 5.11 Å². The molecule has 0 bridgehead atoms. The Morgan fingerprint density at radius 2 is 1.75 bits per heavy atom. The number of sulfone groups is 1. The van der Waals surface area contributed by atoms with Gasteiger partial charge in [0.2, 0.25) is 0 Å². The van der Waals surface area contributed by atoms with Gasteiger partial charge >= 0.3 is 5.97 Å². The fraction of sp³-hybridized carbons (Fsp3) is 0.0714. The van der Waals surface area contributed by atoms with Gasteiger partial charge in [-0.15, -0.1) is 0 Å². The fourth-order valence-corrected chi connectivity index (χ4v) is 3.20. The molecule has 0 radical (unpaired) electrons. The second kappa shape index (κ2) is 5.42. The summed E-state index contributed by atoms with van der Waals surface area (Å²) in [5, 5.41) is 8.84. The Bertz CT molecular complexity index is 739. The zero-order valence-electron chi connectivity index (χ0n) is 10.3. The Labute approximate surface area is 115 Å². The van der Waals surface area contributed by atoms with Crippen molar-refractivity contribution in [2.24, 2.45) is 0 Å². The summed E-state index contributed by atoms with van der Waals surface area (Å²) in [5.74, 6) is -2.64. The monoisotopic (exact) mass is 294 g/mol. The molecule has 0 saturated carbocycles. The molecule has 0 aliphatic rings. The lowest BCUT2D eigenvalue weighted by Gasteiger charge is -2.07. The minimum Gasteiger partial charge on any atom is -0.478 e. The predicted octanol–water partition coefficient (Wildman–Crippen LogP) is 2.50. The van der Waals surface area contributed by atoms with Gasteiger partial charge in [-0.2, -0.15) is 0 Å². The summed E-state index contributed by atoms with van der Waals surface area (Å²) in [6, 6.07) is 11.0. The molecule has 0 heterocycles. The molecule has 0 aromatic heterocycles. The third kappa shape index (κ3) is 3.03. The van der Waals surface area contributed by atoms with Gasteiger partial charge in [0, 0.05) is 0 Å². The molecule has 1 N–H and O–H groups in total. The summed E-state index contributed by atoms with van der Waals surface area (Å²) in [5.41, 5.74) is 0.241. The number of carboxylic acid groups (broad SMARTS) is 1. The first-order chi connectivity index (χ1) is 9.40. The molecule has 0 saturated heterocycles. The molecule has 0 spiro atoms. The summed E-state index contributed by atoms with van der Waals surface area (Å²) >= 11 is 0. The van der Waals surface area contributed by atoms with Gasteiger partial charge in [0.15, 0.2) is 9.84 Å². The van der Waals surface area contributed by atoms with Gasteiger partial charge in [-0.25, -0.2) is 17.6 Å². The van der Waals surface area contributed by atoms with Gasteiger partial charge in [-0.1, -0.05) is 30.3 Å². The van der Waals surface area contributed by atoms with Crippen molar-refractivity contribution in [3.05, 3.63) is 65.5 Å². The zero-order valence-corrected chi connectivity index (χ0v) is 11.1. The first-order valence-electron chi connectivity index (χ1n) is 5.70. The molecule has 0 aliphatic heterocycles. The standard InChI is InChI=1S/C14H11FO4S/c15-12-7-6-11(14(16)17)8-13(12)20(18,19)9-10-4-2-1-3-5-10/h1-8H,9H2,(H,16,17). The van der Waals surface area contributed by atoms with Crippen LogP contribution in [0, 0.1) is 5.82 Å². The minimum absolute atomic E-state index is 0.266. The average Bonchev–Trinajstić information content (AvgIpc) is 2.39. The first kappa shape index (κ1) is 14.2. The Kier molecular flexibility index (Phi) is 3.85. The molecule has 2 rings (SSSR count). The van der Waals surface area contributed by atoms with Crippen LogP contribution in [0.5, 0.6) is 0 Å². The highest BCUT2D eigenvalue weighted by Crippen LogP contribution is 2.21. The van der Waals surface area contributed by atoms with Crippen LogP contribution in [-0.4, -0.2) is 19.5 Å². The van der Waals surface area contributed by atoms with E-state index in [1.54, 1.807) is 30.3 Å². The third-order valence-corrected chi connectivity index (χ3v) is 4.41. The molecule has 0 atom stereocenters. The van der Waals surface area contributed by atoms with Gasteiger partial charge in [0.25, 0.3) is 0 Å². The Balaban J connectivity index is 2.44. The maximum absolute atomic E-state index is 13.7. The van der Waals surface area contributed by atoms with E-state index in [0.29, 0.717) is 5.56 Å². The number of aromatic carboxylic acids is 1. The summed E-state index contributed by atoms with van der Waals surface area (Å²) in [4.78, 5) is 10.2. The van der Waals surface area contributed by atoms with Crippen molar-refractivity contribution in [1.82, 2.24) is 0 Å². The number of carboxylic acids is 1. The zero-order chi connectivity index (χ0) is 14.8. The van der Waals surface area contributed by atoms with Crippen molar-refractivity contribution < 1.29 is 22.7 Å². The van der Waals surface area contributed by atoms with Gasteiger partial charge in [0.05, 0.1) is 11.3 Å². The van der Waals surface area contributed by atoms with Gasteiger partial charge in [-0.05, 0) is 23.8 Å². The van der Waals surface area contributed by atoms with E-state index >= 15 is 0 Å². The molecule has 0 amide bonds. The van der Waals surface area contributed by atoms with Crippen LogP contribution >= 0.6 is 0 Å².